The molecule has 0 aliphatic carbocycles. The highest BCUT2D eigenvalue weighted by molar-refractivity contribution is 7.12. The van der Waals surface area contributed by atoms with Crippen LogP contribution < -0.4 is 5.32 Å². The van der Waals surface area contributed by atoms with Crippen molar-refractivity contribution in [3.63, 3.8) is 0 Å². The Balaban J connectivity index is 1.41. The lowest BCUT2D eigenvalue weighted by Gasteiger charge is -2.07. The molecule has 7 heteroatoms. The number of rotatable bonds is 6. The molecule has 0 fully saturated rings. The first-order valence-electron chi connectivity index (χ1n) is 8.83. The second-order valence-electron chi connectivity index (χ2n) is 6.26. The fourth-order valence-electron chi connectivity index (χ4n) is 2.92. The number of carbonyl (C=O) groups excluding carboxylic acids is 3. The second-order valence-corrected chi connectivity index (χ2v) is 7.21. The third-order valence-corrected chi connectivity index (χ3v) is 5.19. The summed E-state index contributed by atoms with van der Waals surface area (Å²) in [6.45, 7) is -0.369. The lowest BCUT2D eigenvalue weighted by atomic mass is 10.1. The fourth-order valence-corrected chi connectivity index (χ4v) is 3.54. The van der Waals surface area contributed by atoms with E-state index in [2.05, 4.69) is 10.3 Å². The van der Waals surface area contributed by atoms with Gasteiger partial charge in [-0.25, -0.2) is 4.79 Å². The SMILES string of the molecule is O=C(OCC(=O)c1c[nH]c2ccccc12)c1cccc(NC(=O)c2cccs2)c1. The van der Waals surface area contributed by atoms with Gasteiger partial charge in [0.1, 0.15) is 0 Å². The van der Waals surface area contributed by atoms with Crippen molar-refractivity contribution in [2.24, 2.45) is 0 Å². The van der Waals surface area contributed by atoms with Gasteiger partial charge in [0.05, 0.1) is 10.4 Å². The minimum atomic E-state index is -0.634. The van der Waals surface area contributed by atoms with Crippen LogP contribution >= 0.6 is 11.3 Å². The van der Waals surface area contributed by atoms with E-state index in [0.717, 1.165) is 10.9 Å². The molecule has 2 heterocycles. The van der Waals surface area contributed by atoms with Crippen LogP contribution in [0.4, 0.5) is 5.69 Å². The van der Waals surface area contributed by atoms with E-state index < -0.39 is 5.97 Å². The summed E-state index contributed by atoms with van der Waals surface area (Å²) in [5, 5.41) is 5.34. The number of fused-ring (bicyclic) bond motifs is 1. The number of H-pyrrole nitrogens is 1. The summed E-state index contributed by atoms with van der Waals surface area (Å²) in [4.78, 5) is 40.5. The molecule has 0 spiro atoms. The van der Waals surface area contributed by atoms with E-state index in [4.69, 9.17) is 4.74 Å². The first-order chi connectivity index (χ1) is 14.1. The van der Waals surface area contributed by atoms with Crippen molar-refractivity contribution < 1.29 is 19.1 Å². The van der Waals surface area contributed by atoms with Crippen LogP contribution in [0.5, 0.6) is 0 Å². The zero-order valence-electron chi connectivity index (χ0n) is 15.2. The number of nitrogens with one attached hydrogen (secondary N) is 2. The van der Waals surface area contributed by atoms with Gasteiger partial charge in [-0.05, 0) is 35.7 Å². The lowest BCUT2D eigenvalue weighted by molar-refractivity contribution is 0.0475. The quantitative estimate of drug-likeness (QED) is 0.365. The number of anilines is 1. The minimum absolute atomic E-state index is 0.250. The van der Waals surface area contributed by atoms with Crippen LogP contribution in [0.3, 0.4) is 0 Å². The number of hydrogen-bond acceptors (Lipinski definition) is 5. The molecular weight excluding hydrogens is 388 g/mol. The Bertz CT molecular complexity index is 1190. The van der Waals surface area contributed by atoms with Crippen LogP contribution in [0.1, 0.15) is 30.4 Å². The zero-order chi connectivity index (χ0) is 20.2. The average molecular weight is 404 g/mol. The summed E-state index contributed by atoms with van der Waals surface area (Å²) in [5.41, 5.74) is 2.04. The number of aromatic amines is 1. The van der Waals surface area contributed by atoms with Crippen molar-refractivity contribution >= 4 is 45.6 Å². The third-order valence-electron chi connectivity index (χ3n) is 4.33. The molecule has 0 bridgehead atoms. The summed E-state index contributed by atoms with van der Waals surface area (Å²) in [7, 11) is 0. The molecule has 2 N–H and O–H groups in total. The van der Waals surface area contributed by atoms with Gasteiger partial charge in [-0.2, -0.15) is 0 Å². The molecule has 0 saturated carbocycles. The van der Waals surface area contributed by atoms with E-state index in [-0.39, 0.29) is 23.9 Å². The van der Waals surface area contributed by atoms with Crippen molar-refractivity contribution in [3.05, 3.63) is 88.2 Å². The maximum atomic E-state index is 12.4. The number of thiophene rings is 1. The Labute approximate surface area is 170 Å². The van der Waals surface area contributed by atoms with Crippen LogP contribution in [0.15, 0.2) is 72.2 Å². The number of amides is 1. The Morgan fingerprint density at radius 2 is 1.86 bits per heavy atom. The van der Waals surface area contributed by atoms with Crippen LogP contribution in [0.25, 0.3) is 10.9 Å². The molecule has 0 unspecified atom stereocenters. The molecule has 0 aliphatic heterocycles. The number of carbonyl (C=O) groups is 3. The molecule has 1 amide bonds. The smallest absolute Gasteiger partial charge is 0.338 e. The molecule has 4 rings (SSSR count). The molecule has 0 aliphatic rings. The van der Waals surface area contributed by atoms with Crippen molar-refractivity contribution in [2.75, 3.05) is 11.9 Å². The maximum absolute atomic E-state index is 12.4. The summed E-state index contributed by atoms with van der Waals surface area (Å²) < 4.78 is 5.18. The summed E-state index contributed by atoms with van der Waals surface area (Å²) in [6, 6.07) is 17.3. The number of benzene rings is 2. The topological polar surface area (TPSA) is 88.3 Å². The van der Waals surface area contributed by atoms with E-state index >= 15 is 0 Å². The number of esters is 1. The van der Waals surface area contributed by atoms with Gasteiger partial charge in [0.2, 0.25) is 5.78 Å². The Hall–Kier alpha value is -3.71. The average Bonchev–Trinajstić information content (AvgIpc) is 3.42. The number of aromatic nitrogens is 1. The van der Waals surface area contributed by atoms with E-state index in [9.17, 15) is 14.4 Å². The third kappa shape index (κ3) is 4.09. The van der Waals surface area contributed by atoms with Gasteiger partial charge in [-0.15, -0.1) is 11.3 Å². The van der Waals surface area contributed by atoms with Gasteiger partial charge in [-0.1, -0.05) is 30.3 Å². The molecule has 4 aromatic rings. The van der Waals surface area contributed by atoms with Crippen LogP contribution in [-0.2, 0) is 4.74 Å². The lowest BCUT2D eigenvalue weighted by Crippen LogP contribution is -2.15. The van der Waals surface area contributed by atoms with E-state index in [1.807, 2.05) is 29.6 Å². The number of hydrogen-bond donors (Lipinski definition) is 2. The normalized spacial score (nSPS) is 10.6. The van der Waals surface area contributed by atoms with E-state index in [1.54, 1.807) is 36.5 Å². The number of ketones is 1. The Morgan fingerprint density at radius 3 is 2.69 bits per heavy atom. The van der Waals surface area contributed by atoms with Crippen LogP contribution in [0, 0.1) is 0 Å². The molecule has 0 radical (unpaired) electrons. The van der Waals surface area contributed by atoms with E-state index in [1.165, 1.54) is 17.4 Å². The van der Waals surface area contributed by atoms with Crippen LogP contribution in [0.2, 0.25) is 0 Å². The molecule has 144 valence electrons. The van der Waals surface area contributed by atoms with Crippen molar-refractivity contribution in [1.29, 1.82) is 0 Å². The number of Topliss-reactive ketones (excluding diaryl/α,β-unsaturated/α-hetero) is 1. The highest BCUT2D eigenvalue weighted by Gasteiger charge is 2.16. The summed E-state index contributed by atoms with van der Waals surface area (Å²) in [6.07, 6.45) is 1.61. The monoisotopic (exact) mass is 404 g/mol. The van der Waals surface area contributed by atoms with Gasteiger partial charge < -0.3 is 15.0 Å². The number of para-hydroxylation sites is 1. The highest BCUT2D eigenvalue weighted by atomic mass is 32.1. The fraction of sp³-hybridized carbons (Fsp3) is 0.0455. The molecule has 29 heavy (non-hydrogen) atoms. The van der Waals surface area contributed by atoms with Crippen molar-refractivity contribution in [2.45, 2.75) is 0 Å². The summed E-state index contributed by atoms with van der Waals surface area (Å²) >= 11 is 1.33. The predicted molar refractivity (Wildman–Crippen MR) is 112 cm³/mol. The van der Waals surface area contributed by atoms with Gasteiger partial charge in [0, 0.05) is 28.4 Å². The first kappa shape index (κ1) is 18.6. The summed E-state index contributed by atoms with van der Waals surface area (Å²) in [5.74, 6) is -1.18. The van der Waals surface area contributed by atoms with E-state index in [0.29, 0.717) is 16.1 Å². The van der Waals surface area contributed by atoms with Gasteiger partial charge in [0.25, 0.3) is 5.91 Å². The molecule has 6 nitrogen and oxygen atoms in total. The molecule has 0 saturated heterocycles. The van der Waals surface area contributed by atoms with Crippen molar-refractivity contribution in [1.82, 2.24) is 4.98 Å². The maximum Gasteiger partial charge on any atom is 0.338 e. The minimum Gasteiger partial charge on any atom is -0.454 e. The first-order valence-corrected chi connectivity index (χ1v) is 9.71. The van der Waals surface area contributed by atoms with Crippen molar-refractivity contribution in [3.8, 4) is 0 Å². The molecular formula is C22H16N2O4S. The van der Waals surface area contributed by atoms with Gasteiger partial charge in [-0.3, -0.25) is 9.59 Å². The largest absolute Gasteiger partial charge is 0.454 e. The van der Waals surface area contributed by atoms with Gasteiger partial charge >= 0.3 is 5.97 Å². The number of ether oxygens (including phenoxy) is 1. The zero-order valence-corrected chi connectivity index (χ0v) is 16.0. The standard InChI is InChI=1S/C22H16N2O4S/c25-19(17-12-23-18-8-2-1-7-16(17)18)13-28-22(27)14-5-3-6-15(11-14)24-21(26)20-9-4-10-29-20/h1-12,23H,13H2,(H,24,26). The predicted octanol–water partition coefficient (Wildman–Crippen LogP) is 4.52. The molecule has 0 atom stereocenters. The molecule has 2 aromatic heterocycles. The Morgan fingerprint density at radius 1 is 1.00 bits per heavy atom. The van der Waals surface area contributed by atoms with Crippen LogP contribution in [-0.4, -0.2) is 29.3 Å². The highest BCUT2D eigenvalue weighted by Crippen LogP contribution is 2.19. The molecule has 2 aromatic carbocycles. The Kier molecular flexibility index (Phi) is 5.22. The van der Waals surface area contributed by atoms with Gasteiger partial charge in [0.15, 0.2) is 6.61 Å². The second kappa shape index (κ2) is 8.12.